The standard InChI is InChI=1S/C13H16N2O4/c14-9-6-17-12-10(7-18-11(9)12)19-13(16)15-8-4-2-1-3-5-8/h1-5,9-12H,6-7,14H2,(H,15,16)/t9-,10-,11-,12+/m0/s1. The summed E-state index contributed by atoms with van der Waals surface area (Å²) in [6.45, 7) is 0.765. The summed E-state index contributed by atoms with van der Waals surface area (Å²) in [4.78, 5) is 11.8. The molecule has 1 aromatic carbocycles. The molecule has 1 amide bonds. The average molecular weight is 264 g/mol. The number of nitrogens with two attached hydrogens (primary N) is 1. The molecular formula is C13H16N2O4. The van der Waals surface area contributed by atoms with E-state index in [-0.39, 0.29) is 18.2 Å². The van der Waals surface area contributed by atoms with E-state index >= 15 is 0 Å². The second kappa shape index (κ2) is 5.16. The largest absolute Gasteiger partial charge is 0.441 e. The van der Waals surface area contributed by atoms with E-state index in [0.29, 0.717) is 18.9 Å². The van der Waals surface area contributed by atoms with Crippen molar-refractivity contribution in [3.8, 4) is 0 Å². The molecule has 3 N–H and O–H groups in total. The first kappa shape index (κ1) is 12.4. The fraction of sp³-hybridized carbons (Fsp3) is 0.462. The van der Waals surface area contributed by atoms with E-state index in [9.17, 15) is 4.79 Å². The van der Waals surface area contributed by atoms with Crippen molar-refractivity contribution in [3.05, 3.63) is 30.3 Å². The number of amides is 1. The number of carbonyl (C=O) groups excluding carboxylic acids is 1. The minimum atomic E-state index is -0.510. The molecule has 19 heavy (non-hydrogen) atoms. The Bertz CT molecular complexity index is 453. The Labute approximate surface area is 110 Å². The summed E-state index contributed by atoms with van der Waals surface area (Å²) in [7, 11) is 0. The van der Waals surface area contributed by atoms with Crippen LogP contribution in [0.4, 0.5) is 10.5 Å². The molecule has 102 valence electrons. The lowest BCUT2D eigenvalue weighted by Gasteiger charge is -2.17. The van der Waals surface area contributed by atoms with Gasteiger partial charge in [-0.05, 0) is 12.1 Å². The number of benzene rings is 1. The molecule has 0 radical (unpaired) electrons. The summed E-state index contributed by atoms with van der Waals surface area (Å²) in [5, 5.41) is 2.66. The van der Waals surface area contributed by atoms with Crippen LogP contribution >= 0.6 is 0 Å². The molecule has 0 aromatic heterocycles. The first-order valence-corrected chi connectivity index (χ1v) is 6.25. The normalized spacial score (nSPS) is 32.9. The molecule has 0 bridgehead atoms. The van der Waals surface area contributed by atoms with E-state index in [4.69, 9.17) is 19.9 Å². The number of ether oxygens (including phenoxy) is 3. The summed E-state index contributed by atoms with van der Waals surface area (Å²) in [5.74, 6) is 0. The Morgan fingerprint density at radius 2 is 1.95 bits per heavy atom. The third-order valence-corrected chi connectivity index (χ3v) is 3.32. The number of fused-ring (bicyclic) bond motifs is 1. The van der Waals surface area contributed by atoms with Crippen molar-refractivity contribution >= 4 is 11.8 Å². The van der Waals surface area contributed by atoms with Gasteiger partial charge in [-0.3, -0.25) is 5.32 Å². The molecule has 2 heterocycles. The second-order valence-electron chi connectivity index (χ2n) is 4.69. The molecule has 2 aliphatic rings. The van der Waals surface area contributed by atoms with Crippen LogP contribution in [0, 0.1) is 0 Å². The Morgan fingerprint density at radius 3 is 2.74 bits per heavy atom. The van der Waals surface area contributed by atoms with Gasteiger partial charge in [-0.1, -0.05) is 18.2 Å². The maximum atomic E-state index is 11.8. The van der Waals surface area contributed by atoms with Gasteiger partial charge < -0.3 is 19.9 Å². The van der Waals surface area contributed by atoms with Crippen LogP contribution in [0.1, 0.15) is 0 Å². The molecule has 2 saturated heterocycles. The van der Waals surface area contributed by atoms with Crippen molar-refractivity contribution in [1.29, 1.82) is 0 Å². The van der Waals surface area contributed by atoms with Crippen molar-refractivity contribution in [1.82, 2.24) is 0 Å². The number of rotatable bonds is 2. The highest BCUT2D eigenvalue weighted by atomic mass is 16.6. The van der Waals surface area contributed by atoms with Crippen molar-refractivity contribution in [2.45, 2.75) is 24.4 Å². The first-order valence-electron chi connectivity index (χ1n) is 6.25. The van der Waals surface area contributed by atoms with E-state index in [0.717, 1.165) is 0 Å². The molecule has 2 aliphatic heterocycles. The van der Waals surface area contributed by atoms with E-state index in [1.54, 1.807) is 12.1 Å². The summed E-state index contributed by atoms with van der Waals surface area (Å²) < 4.78 is 16.3. The second-order valence-corrected chi connectivity index (χ2v) is 4.69. The highest BCUT2D eigenvalue weighted by molar-refractivity contribution is 5.84. The third-order valence-electron chi connectivity index (χ3n) is 3.32. The molecule has 6 nitrogen and oxygen atoms in total. The van der Waals surface area contributed by atoms with Gasteiger partial charge >= 0.3 is 6.09 Å². The molecular weight excluding hydrogens is 248 g/mol. The van der Waals surface area contributed by atoms with Crippen molar-refractivity contribution < 1.29 is 19.0 Å². The van der Waals surface area contributed by atoms with Crippen LogP contribution in [0.25, 0.3) is 0 Å². The molecule has 0 aliphatic carbocycles. The van der Waals surface area contributed by atoms with Crippen molar-refractivity contribution in [2.75, 3.05) is 18.5 Å². The highest BCUT2D eigenvalue weighted by Crippen LogP contribution is 2.28. The highest BCUT2D eigenvalue weighted by Gasteiger charge is 2.48. The number of hydrogen-bond acceptors (Lipinski definition) is 5. The molecule has 3 rings (SSSR count). The Hall–Kier alpha value is -1.63. The Morgan fingerprint density at radius 1 is 1.21 bits per heavy atom. The predicted octanol–water partition coefficient (Wildman–Crippen LogP) is 0.729. The van der Waals surface area contributed by atoms with E-state index < -0.39 is 12.2 Å². The van der Waals surface area contributed by atoms with Gasteiger partial charge in [0.05, 0.1) is 19.3 Å². The molecule has 0 spiro atoms. The summed E-state index contributed by atoms with van der Waals surface area (Å²) >= 11 is 0. The quantitative estimate of drug-likeness (QED) is 0.822. The number of nitrogens with one attached hydrogen (secondary N) is 1. The van der Waals surface area contributed by atoms with Crippen LogP contribution in [0.2, 0.25) is 0 Å². The van der Waals surface area contributed by atoms with Crippen LogP contribution in [-0.2, 0) is 14.2 Å². The predicted molar refractivity (Wildman–Crippen MR) is 67.8 cm³/mol. The van der Waals surface area contributed by atoms with Crippen molar-refractivity contribution in [3.63, 3.8) is 0 Å². The molecule has 1 aromatic rings. The minimum absolute atomic E-state index is 0.143. The Kier molecular flexibility index (Phi) is 3.37. The number of hydrogen-bond donors (Lipinski definition) is 2. The van der Waals surface area contributed by atoms with E-state index in [1.807, 2.05) is 18.2 Å². The molecule has 0 saturated carbocycles. The van der Waals surface area contributed by atoms with Gasteiger partial charge in [0.15, 0.2) is 6.10 Å². The molecule has 0 unspecified atom stereocenters. The maximum Gasteiger partial charge on any atom is 0.412 e. The number of para-hydroxylation sites is 1. The van der Waals surface area contributed by atoms with Gasteiger partial charge in [0.2, 0.25) is 0 Å². The van der Waals surface area contributed by atoms with Gasteiger partial charge in [0.1, 0.15) is 12.2 Å². The molecule has 2 fully saturated rings. The molecule has 4 atom stereocenters. The SMILES string of the molecule is N[C@H]1CO[C@H]2[C@H]1OC[C@@H]2OC(=O)Nc1ccccc1. The van der Waals surface area contributed by atoms with Gasteiger partial charge in [-0.25, -0.2) is 4.79 Å². The van der Waals surface area contributed by atoms with E-state index in [2.05, 4.69) is 5.32 Å². The van der Waals surface area contributed by atoms with Crippen molar-refractivity contribution in [2.24, 2.45) is 5.73 Å². The van der Waals surface area contributed by atoms with E-state index in [1.165, 1.54) is 0 Å². The third kappa shape index (κ3) is 2.56. The lowest BCUT2D eigenvalue weighted by atomic mass is 10.1. The van der Waals surface area contributed by atoms with Gasteiger partial charge in [0.25, 0.3) is 0 Å². The van der Waals surface area contributed by atoms with Crippen LogP contribution < -0.4 is 11.1 Å². The fourth-order valence-corrected chi connectivity index (χ4v) is 2.40. The topological polar surface area (TPSA) is 82.8 Å². The van der Waals surface area contributed by atoms with Crippen LogP contribution in [0.3, 0.4) is 0 Å². The number of carbonyl (C=O) groups is 1. The lowest BCUT2D eigenvalue weighted by Crippen LogP contribution is -2.38. The van der Waals surface area contributed by atoms with Gasteiger partial charge in [-0.2, -0.15) is 0 Å². The summed E-state index contributed by atoms with van der Waals surface area (Å²) in [6.07, 6.45) is -1.34. The zero-order valence-corrected chi connectivity index (χ0v) is 10.3. The number of anilines is 1. The van der Waals surface area contributed by atoms with Crippen LogP contribution in [0.15, 0.2) is 30.3 Å². The Balaban J connectivity index is 1.56. The van der Waals surface area contributed by atoms with Crippen LogP contribution in [0.5, 0.6) is 0 Å². The summed E-state index contributed by atoms with van der Waals surface area (Å²) in [6, 6.07) is 8.98. The smallest absolute Gasteiger partial charge is 0.412 e. The lowest BCUT2D eigenvalue weighted by molar-refractivity contribution is 0.00900. The zero-order chi connectivity index (χ0) is 13.2. The fourth-order valence-electron chi connectivity index (χ4n) is 2.40. The maximum absolute atomic E-state index is 11.8. The monoisotopic (exact) mass is 264 g/mol. The zero-order valence-electron chi connectivity index (χ0n) is 10.3. The van der Waals surface area contributed by atoms with Crippen LogP contribution in [-0.4, -0.2) is 43.7 Å². The minimum Gasteiger partial charge on any atom is -0.441 e. The first-order chi connectivity index (χ1) is 9.24. The van der Waals surface area contributed by atoms with Gasteiger partial charge in [0, 0.05) is 5.69 Å². The average Bonchev–Trinajstić information content (AvgIpc) is 2.96. The van der Waals surface area contributed by atoms with Gasteiger partial charge in [-0.15, -0.1) is 0 Å². The molecule has 6 heteroatoms. The summed E-state index contributed by atoms with van der Waals surface area (Å²) in [5.41, 5.74) is 6.52.